The number of amides is 1. The highest BCUT2D eigenvalue weighted by atomic mass is 79.9. The Morgan fingerprint density at radius 3 is 2.17 bits per heavy atom. The van der Waals surface area contributed by atoms with E-state index in [-0.39, 0.29) is 17.4 Å². The zero-order valence-corrected chi connectivity index (χ0v) is 13.4. The van der Waals surface area contributed by atoms with Crippen LogP contribution in [0, 0.1) is 5.41 Å². The predicted octanol–water partition coefficient (Wildman–Crippen LogP) is 4.09. The van der Waals surface area contributed by atoms with Crippen molar-refractivity contribution in [2.45, 2.75) is 39.1 Å². The Hall–Kier alpha value is -0.830. The molecular weight excluding hydrogens is 290 g/mol. The van der Waals surface area contributed by atoms with Gasteiger partial charge < -0.3 is 4.90 Å². The first-order valence-electron chi connectivity index (χ1n) is 6.19. The summed E-state index contributed by atoms with van der Waals surface area (Å²) in [6.07, 6.45) is 0. The largest absolute Gasteiger partial charge is 0.338 e. The van der Waals surface area contributed by atoms with Gasteiger partial charge in [-0.2, -0.15) is 0 Å². The predicted molar refractivity (Wildman–Crippen MR) is 80.1 cm³/mol. The molecule has 1 rings (SSSR count). The molecule has 0 spiro atoms. The molecule has 2 nitrogen and oxygen atoms in total. The molecule has 100 valence electrons. The number of alkyl halides is 1. The van der Waals surface area contributed by atoms with Gasteiger partial charge in [-0.1, -0.05) is 48.8 Å². The Morgan fingerprint density at radius 1 is 1.28 bits per heavy atom. The summed E-state index contributed by atoms with van der Waals surface area (Å²) in [7, 11) is 1.87. The molecule has 1 unspecified atom stereocenters. The normalized spacial score (nSPS) is 13.2. The lowest BCUT2D eigenvalue weighted by molar-refractivity contribution is 0.0629. The van der Waals surface area contributed by atoms with E-state index in [4.69, 9.17) is 0 Å². The smallest absolute Gasteiger partial charge is 0.253 e. The summed E-state index contributed by atoms with van der Waals surface area (Å²) in [6, 6.07) is 7.95. The summed E-state index contributed by atoms with van der Waals surface area (Å²) >= 11 is 3.40. The topological polar surface area (TPSA) is 20.3 Å². The number of benzene rings is 1. The molecule has 0 aliphatic heterocycles. The molecule has 0 heterocycles. The summed E-state index contributed by atoms with van der Waals surface area (Å²) in [5, 5.41) is 0.815. The second-order valence-corrected chi connectivity index (χ2v) is 6.35. The Bertz CT molecular complexity index is 405. The number of halogens is 1. The van der Waals surface area contributed by atoms with Gasteiger partial charge >= 0.3 is 0 Å². The van der Waals surface area contributed by atoms with Gasteiger partial charge in [-0.3, -0.25) is 4.79 Å². The van der Waals surface area contributed by atoms with Gasteiger partial charge in [-0.25, -0.2) is 0 Å². The number of nitrogens with zero attached hydrogens (tertiary/aromatic N) is 1. The van der Waals surface area contributed by atoms with Crippen molar-refractivity contribution in [1.29, 1.82) is 0 Å². The molecule has 0 saturated carbocycles. The molecule has 3 heteroatoms. The van der Waals surface area contributed by atoms with Gasteiger partial charge in [0.15, 0.2) is 0 Å². The minimum absolute atomic E-state index is 0.0820. The van der Waals surface area contributed by atoms with Crippen LogP contribution in [0.25, 0.3) is 0 Å². The van der Waals surface area contributed by atoms with Crippen molar-refractivity contribution in [1.82, 2.24) is 4.90 Å². The zero-order chi connectivity index (χ0) is 13.9. The van der Waals surface area contributed by atoms with Gasteiger partial charge in [0.1, 0.15) is 0 Å². The van der Waals surface area contributed by atoms with Crippen LogP contribution in [0.15, 0.2) is 24.3 Å². The van der Waals surface area contributed by atoms with Crippen molar-refractivity contribution in [3.8, 4) is 0 Å². The average molecular weight is 312 g/mol. The molecule has 1 aromatic carbocycles. The second kappa shape index (κ2) is 5.87. The Balaban J connectivity index is 2.86. The number of hydrogen-bond acceptors (Lipinski definition) is 1. The minimum atomic E-state index is 0.0820. The van der Waals surface area contributed by atoms with Gasteiger partial charge in [-0.05, 0) is 30.0 Å². The molecule has 0 radical (unpaired) electrons. The lowest BCUT2D eigenvalue weighted by atomic mass is 9.87. The molecule has 0 saturated heterocycles. The first-order valence-corrected chi connectivity index (χ1v) is 7.31. The number of hydrogen-bond donors (Lipinski definition) is 0. The summed E-state index contributed by atoms with van der Waals surface area (Å²) in [5.74, 6) is 0.0820. The molecule has 0 fully saturated rings. The lowest BCUT2D eigenvalue weighted by Gasteiger charge is -2.35. The van der Waals surface area contributed by atoms with Gasteiger partial charge in [0.25, 0.3) is 5.91 Å². The van der Waals surface area contributed by atoms with Crippen molar-refractivity contribution < 1.29 is 4.79 Å². The highest BCUT2D eigenvalue weighted by molar-refractivity contribution is 9.08. The van der Waals surface area contributed by atoms with Crippen LogP contribution in [-0.4, -0.2) is 23.9 Å². The number of carbonyl (C=O) groups is 1. The Kier molecular flexibility index (Phi) is 4.97. The molecule has 0 N–H and O–H groups in total. The molecule has 0 aliphatic carbocycles. The fraction of sp³-hybridized carbons (Fsp3) is 0.533. The molecular formula is C15H22BrNO. The van der Waals surface area contributed by atoms with Gasteiger partial charge in [0.2, 0.25) is 0 Å². The Labute approximate surface area is 119 Å². The van der Waals surface area contributed by atoms with E-state index in [2.05, 4.69) is 43.6 Å². The second-order valence-electron chi connectivity index (χ2n) is 5.79. The van der Waals surface area contributed by atoms with Crippen LogP contribution < -0.4 is 0 Å². The van der Waals surface area contributed by atoms with E-state index in [0.717, 1.165) is 10.9 Å². The third kappa shape index (κ3) is 3.58. The highest BCUT2D eigenvalue weighted by Gasteiger charge is 2.27. The summed E-state index contributed by atoms with van der Waals surface area (Å²) in [5.41, 5.74) is 2.01. The van der Waals surface area contributed by atoms with Crippen LogP contribution in [0.5, 0.6) is 0 Å². The van der Waals surface area contributed by atoms with E-state index in [0.29, 0.717) is 0 Å². The summed E-state index contributed by atoms with van der Waals surface area (Å²) in [6.45, 7) is 8.53. The molecule has 1 atom stereocenters. The van der Waals surface area contributed by atoms with Crippen molar-refractivity contribution in [3.05, 3.63) is 35.4 Å². The van der Waals surface area contributed by atoms with E-state index in [1.165, 1.54) is 5.56 Å². The molecule has 0 aliphatic rings. The van der Waals surface area contributed by atoms with E-state index >= 15 is 0 Å². The lowest BCUT2D eigenvalue weighted by Crippen LogP contribution is -2.42. The van der Waals surface area contributed by atoms with Crippen LogP contribution in [0.1, 0.15) is 43.6 Å². The van der Waals surface area contributed by atoms with Crippen LogP contribution in [0.4, 0.5) is 0 Å². The first kappa shape index (κ1) is 15.2. The third-order valence-corrected chi connectivity index (χ3v) is 4.16. The standard InChI is InChI=1S/C15H22BrNO/c1-11(15(2,3)4)17(5)14(18)13-8-6-12(10-16)7-9-13/h6-9,11H,10H2,1-5H3. The molecule has 1 aromatic rings. The molecule has 18 heavy (non-hydrogen) atoms. The van der Waals surface area contributed by atoms with Crippen molar-refractivity contribution >= 4 is 21.8 Å². The highest BCUT2D eigenvalue weighted by Crippen LogP contribution is 2.24. The zero-order valence-electron chi connectivity index (χ0n) is 11.8. The fourth-order valence-electron chi connectivity index (χ4n) is 1.70. The SMILES string of the molecule is CC(N(C)C(=O)c1ccc(CBr)cc1)C(C)(C)C. The van der Waals surface area contributed by atoms with Crippen molar-refractivity contribution in [2.24, 2.45) is 5.41 Å². The van der Waals surface area contributed by atoms with Crippen molar-refractivity contribution in [3.63, 3.8) is 0 Å². The number of carbonyl (C=O) groups excluding carboxylic acids is 1. The maximum absolute atomic E-state index is 12.3. The quantitative estimate of drug-likeness (QED) is 0.770. The minimum Gasteiger partial charge on any atom is -0.338 e. The van der Waals surface area contributed by atoms with Crippen LogP contribution in [-0.2, 0) is 5.33 Å². The monoisotopic (exact) mass is 311 g/mol. The third-order valence-electron chi connectivity index (χ3n) is 3.51. The summed E-state index contributed by atoms with van der Waals surface area (Å²) in [4.78, 5) is 14.2. The van der Waals surface area contributed by atoms with E-state index in [9.17, 15) is 4.79 Å². The van der Waals surface area contributed by atoms with Gasteiger partial charge in [0.05, 0.1) is 0 Å². The van der Waals surface area contributed by atoms with Crippen LogP contribution >= 0.6 is 15.9 Å². The van der Waals surface area contributed by atoms with Crippen LogP contribution in [0.2, 0.25) is 0 Å². The van der Waals surface area contributed by atoms with Crippen molar-refractivity contribution in [2.75, 3.05) is 7.05 Å². The average Bonchev–Trinajstić information content (AvgIpc) is 2.35. The van der Waals surface area contributed by atoms with E-state index in [1.54, 1.807) is 0 Å². The maximum atomic E-state index is 12.3. The number of rotatable bonds is 3. The molecule has 0 aromatic heterocycles. The molecule has 0 bridgehead atoms. The van der Waals surface area contributed by atoms with Crippen LogP contribution in [0.3, 0.4) is 0 Å². The Morgan fingerprint density at radius 2 is 1.78 bits per heavy atom. The summed E-state index contributed by atoms with van der Waals surface area (Å²) < 4.78 is 0. The first-order chi connectivity index (χ1) is 8.27. The van der Waals surface area contributed by atoms with Gasteiger partial charge in [0, 0.05) is 24.0 Å². The maximum Gasteiger partial charge on any atom is 0.253 e. The van der Waals surface area contributed by atoms with Gasteiger partial charge in [-0.15, -0.1) is 0 Å². The molecule has 1 amide bonds. The van der Waals surface area contributed by atoms with E-state index in [1.807, 2.05) is 36.2 Å². The van der Waals surface area contributed by atoms with E-state index < -0.39 is 0 Å². The fourth-order valence-corrected chi connectivity index (χ4v) is 2.07.